The fourth-order valence-electron chi connectivity index (χ4n) is 7.50. The van der Waals surface area contributed by atoms with Crippen LogP contribution in [0.25, 0.3) is 0 Å². The van der Waals surface area contributed by atoms with Gasteiger partial charge in [-0.25, -0.2) is 0 Å². The van der Waals surface area contributed by atoms with E-state index in [-0.39, 0.29) is 29.1 Å². The first-order chi connectivity index (χ1) is 25.4. The van der Waals surface area contributed by atoms with Crippen molar-refractivity contribution in [2.45, 2.75) is 11.8 Å². The average Bonchev–Trinajstić information content (AvgIpc) is 3.20. The third kappa shape index (κ3) is 6.41. The Balaban J connectivity index is 1.42. The molecular formula is C46H41O5P. The first kappa shape index (κ1) is 34.6. The van der Waals surface area contributed by atoms with E-state index in [4.69, 9.17) is 9.26 Å². The maximum atomic E-state index is 10.3. The molecule has 52 heavy (non-hydrogen) atoms. The van der Waals surface area contributed by atoms with Gasteiger partial charge in [0.05, 0.1) is 0 Å². The van der Waals surface area contributed by atoms with Crippen LogP contribution in [0.2, 0.25) is 0 Å². The molecule has 0 bridgehead atoms. The van der Waals surface area contributed by atoms with Crippen LogP contribution in [-0.2, 0) is 4.74 Å². The van der Waals surface area contributed by atoms with E-state index in [9.17, 15) is 15.3 Å². The minimum absolute atomic E-state index is 0.184. The van der Waals surface area contributed by atoms with E-state index >= 15 is 0 Å². The summed E-state index contributed by atoms with van der Waals surface area (Å²) in [6.07, 6.45) is 0.325. The average molecular weight is 705 g/mol. The molecule has 1 atom stereocenters. The monoisotopic (exact) mass is 704 g/mol. The molecule has 1 unspecified atom stereocenters. The molecule has 0 fully saturated rings. The van der Waals surface area contributed by atoms with Crippen LogP contribution in [0, 0.1) is 0 Å². The van der Waals surface area contributed by atoms with Crippen LogP contribution in [0.3, 0.4) is 0 Å². The van der Waals surface area contributed by atoms with Gasteiger partial charge >= 0.3 is 306 Å². The topological polar surface area (TPSA) is 79.2 Å². The molecule has 0 aliphatic heterocycles. The molecule has 0 saturated carbocycles. The number of phenolic OH excluding ortho intramolecular Hbond substituents is 3. The molecule has 0 aliphatic carbocycles. The normalized spacial score (nSPS) is 12.8. The zero-order valence-electron chi connectivity index (χ0n) is 28.9. The molecule has 0 radical (unpaired) electrons. The van der Waals surface area contributed by atoms with Gasteiger partial charge < -0.3 is 0 Å². The summed E-state index contributed by atoms with van der Waals surface area (Å²) in [5, 5.41) is 33.8. The molecule has 7 aromatic carbocycles. The number of benzene rings is 7. The van der Waals surface area contributed by atoms with Crippen molar-refractivity contribution < 1.29 is 24.6 Å². The number of aromatic hydroxyl groups is 3. The summed E-state index contributed by atoms with van der Waals surface area (Å²) in [5.74, 6) is 0.833. The molecule has 0 heterocycles. The minimum atomic E-state index is -3.80. The van der Waals surface area contributed by atoms with Crippen molar-refractivity contribution in [3.63, 3.8) is 0 Å². The molecule has 0 aliphatic rings. The molecule has 0 saturated heterocycles. The Kier molecular flexibility index (Phi) is 9.82. The summed E-state index contributed by atoms with van der Waals surface area (Å²) in [6.45, 7) is -3.80. The molecule has 7 rings (SSSR count). The summed E-state index contributed by atoms with van der Waals surface area (Å²) in [4.78, 5) is 0. The molecule has 0 spiro atoms. The standard InChI is InChI=1S/C46H41O5P/c1-50-33-52(42-11-5-2-6-12-42,43-13-7-3-8-14-43,44-15-9-4-10-16-44)51-41-31-23-37(24-32-41)46(36-21-29-40(49)30-22-36)45(34-17-25-38(47)26-18-34)35-19-27-39(48)28-20-35/h2-32,45-49H,33H2,1H3. The van der Waals surface area contributed by atoms with Gasteiger partial charge in [-0.1, -0.05) is 0 Å². The fraction of sp³-hybridized carbons (Fsp3) is 0.0870. The second-order valence-corrected chi connectivity index (χ2v) is 17.4. The quantitative estimate of drug-likeness (QED) is 0.111. The number of hydrogen-bond donors (Lipinski definition) is 3. The van der Waals surface area contributed by atoms with E-state index in [1.54, 1.807) is 43.5 Å². The van der Waals surface area contributed by atoms with E-state index in [1.165, 1.54) is 0 Å². The second-order valence-electron chi connectivity index (χ2n) is 13.0. The fourth-order valence-corrected chi connectivity index (χ4v) is 12.7. The van der Waals surface area contributed by atoms with Gasteiger partial charge in [0.1, 0.15) is 0 Å². The van der Waals surface area contributed by atoms with Crippen molar-refractivity contribution >= 4 is 22.7 Å². The van der Waals surface area contributed by atoms with Crippen LogP contribution < -0.4 is 20.4 Å². The van der Waals surface area contributed by atoms with E-state index in [0.29, 0.717) is 12.1 Å². The Bertz CT molecular complexity index is 2040. The predicted octanol–water partition coefficient (Wildman–Crippen LogP) is 9.19. The summed E-state index contributed by atoms with van der Waals surface area (Å²) in [5.41, 5.74) is 4.00. The molecule has 0 aromatic heterocycles. The van der Waals surface area contributed by atoms with Crippen molar-refractivity contribution in [3.05, 3.63) is 210 Å². The number of methoxy groups -OCH3 is 1. The van der Waals surface area contributed by atoms with E-state index in [2.05, 4.69) is 84.9 Å². The van der Waals surface area contributed by atoms with Crippen LogP contribution in [0.1, 0.15) is 34.1 Å². The molecule has 0 amide bonds. The zero-order valence-corrected chi connectivity index (χ0v) is 29.8. The Morgan fingerprint density at radius 3 is 0.981 bits per heavy atom. The summed E-state index contributed by atoms with van der Waals surface area (Å²) >= 11 is 0. The van der Waals surface area contributed by atoms with E-state index in [1.807, 2.05) is 66.7 Å². The van der Waals surface area contributed by atoms with E-state index < -0.39 is 6.83 Å². The number of hydrogen-bond acceptors (Lipinski definition) is 5. The van der Waals surface area contributed by atoms with Crippen LogP contribution in [-0.4, -0.2) is 28.8 Å². The predicted molar refractivity (Wildman–Crippen MR) is 212 cm³/mol. The zero-order chi connectivity index (χ0) is 36.0. The van der Waals surface area contributed by atoms with Gasteiger partial charge in [0, 0.05) is 0 Å². The Morgan fingerprint density at radius 2 is 0.692 bits per heavy atom. The van der Waals surface area contributed by atoms with Gasteiger partial charge in [-0.2, -0.15) is 0 Å². The molecule has 3 N–H and O–H groups in total. The number of ether oxygens (including phenoxy) is 1. The molecule has 5 nitrogen and oxygen atoms in total. The van der Waals surface area contributed by atoms with Gasteiger partial charge in [-0.15, -0.1) is 0 Å². The van der Waals surface area contributed by atoms with Crippen LogP contribution in [0.4, 0.5) is 0 Å². The summed E-state index contributed by atoms with van der Waals surface area (Å²) in [6, 6.07) is 61.4. The van der Waals surface area contributed by atoms with E-state index in [0.717, 1.165) is 38.2 Å². The van der Waals surface area contributed by atoms with Crippen LogP contribution in [0.5, 0.6) is 23.0 Å². The Hall–Kier alpha value is -5.87. The Labute approximate surface area is 305 Å². The van der Waals surface area contributed by atoms with Crippen molar-refractivity contribution in [1.82, 2.24) is 0 Å². The van der Waals surface area contributed by atoms with Gasteiger partial charge in [0.25, 0.3) is 0 Å². The van der Waals surface area contributed by atoms with Gasteiger partial charge in [-0.05, 0) is 0 Å². The van der Waals surface area contributed by atoms with Gasteiger partial charge in [0.15, 0.2) is 0 Å². The molecular weight excluding hydrogens is 663 g/mol. The van der Waals surface area contributed by atoms with Gasteiger partial charge in [0.2, 0.25) is 0 Å². The number of phenols is 3. The Morgan fingerprint density at radius 1 is 0.404 bits per heavy atom. The van der Waals surface area contributed by atoms with Gasteiger partial charge in [-0.3, -0.25) is 0 Å². The first-order valence-corrected chi connectivity index (χ1v) is 19.6. The summed E-state index contributed by atoms with van der Waals surface area (Å²) < 4.78 is 13.8. The summed E-state index contributed by atoms with van der Waals surface area (Å²) in [7, 11) is 1.73. The molecule has 7 aromatic rings. The van der Waals surface area contributed by atoms with Crippen molar-refractivity contribution in [2.24, 2.45) is 0 Å². The van der Waals surface area contributed by atoms with Crippen LogP contribution in [0.15, 0.2) is 188 Å². The molecule has 260 valence electrons. The first-order valence-electron chi connectivity index (χ1n) is 17.2. The molecule has 6 heteroatoms. The SMILES string of the molecule is COCP(Oc1ccc(C(c2ccc(O)cc2)C(c2ccc(O)cc2)c2ccc(O)cc2)cc1)(c1ccccc1)(c1ccccc1)c1ccccc1. The third-order valence-electron chi connectivity index (χ3n) is 9.92. The maximum absolute atomic E-state index is 10.3. The van der Waals surface area contributed by atoms with Crippen molar-refractivity contribution in [1.29, 1.82) is 0 Å². The number of rotatable bonds is 12. The van der Waals surface area contributed by atoms with Crippen molar-refractivity contribution in [2.75, 3.05) is 13.5 Å². The van der Waals surface area contributed by atoms with Crippen molar-refractivity contribution in [3.8, 4) is 23.0 Å². The third-order valence-corrected chi connectivity index (χ3v) is 15.5. The second kappa shape index (κ2) is 14.8. The van der Waals surface area contributed by atoms with Crippen LogP contribution >= 0.6 is 6.83 Å².